The third-order valence-corrected chi connectivity index (χ3v) is 2.47. The average molecular weight is 265 g/mol. The van der Waals surface area contributed by atoms with Gasteiger partial charge in [-0.25, -0.2) is 4.79 Å². The van der Waals surface area contributed by atoms with E-state index in [1.165, 1.54) is 0 Å². The molecule has 5 N–H and O–H groups in total. The molecule has 1 aromatic rings. The predicted octanol–water partition coefficient (Wildman–Crippen LogP) is 1.27. The molecule has 0 bridgehead atoms. The number of hydrogen-bond acceptors (Lipinski definition) is 4. The van der Waals surface area contributed by atoms with Crippen LogP contribution in [0.3, 0.4) is 0 Å². The Morgan fingerprint density at radius 2 is 2.05 bits per heavy atom. The minimum absolute atomic E-state index is 0.107. The highest BCUT2D eigenvalue weighted by Crippen LogP contribution is 2.21. The van der Waals surface area contributed by atoms with Crippen LogP contribution < -0.4 is 11.1 Å². The molecule has 0 heterocycles. The SMILES string of the molecule is [N-]=[N+]=NCCC(O)C(O)c1ccc(NC(N)=O)cc1. The van der Waals surface area contributed by atoms with E-state index in [4.69, 9.17) is 11.3 Å². The van der Waals surface area contributed by atoms with E-state index in [0.29, 0.717) is 11.3 Å². The number of azide groups is 1. The molecule has 0 spiro atoms. The maximum absolute atomic E-state index is 10.6. The number of benzene rings is 1. The Kier molecular flexibility index (Phi) is 5.62. The smallest absolute Gasteiger partial charge is 0.316 e. The molecular weight excluding hydrogens is 250 g/mol. The Hall–Kier alpha value is -2.28. The van der Waals surface area contributed by atoms with Crippen molar-refractivity contribution in [1.82, 2.24) is 0 Å². The molecule has 8 heteroatoms. The zero-order chi connectivity index (χ0) is 14.3. The number of carbonyl (C=O) groups is 1. The highest BCUT2D eigenvalue weighted by molar-refractivity contribution is 5.87. The standard InChI is InChI=1S/C11H15N5O3/c12-11(19)15-8-3-1-7(2-4-8)10(18)9(17)5-6-14-16-13/h1-4,9-10,17-18H,5-6H2,(H3,12,15,19). The number of primary amides is 1. The Morgan fingerprint density at radius 3 is 2.58 bits per heavy atom. The van der Waals surface area contributed by atoms with Gasteiger partial charge in [-0.2, -0.15) is 0 Å². The summed E-state index contributed by atoms with van der Waals surface area (Å²) in [5.41, 5.74) is 14.0. The molecule has 0 aliphatic heterocycles. The van der Waals surface area contributed by atoms with Crippen LogP contribution in [0.25, 0.3) is 10.4 Å². The van der Waals surface area contributed by atoms with Crippen LogP contribution in [0.2, 0.25) is 0 Å². The zero-order valence-electron chi connectivity index (χ0n) is 10.1. The van der Waals surface area contributed by atoms with Gasteiger partial charge in [0, 0.05) is 17.1 Å². The third kappa shape index (κ3) is 4.84. The maximum atomic E-state index is 10.6. The van der Waals surface area contributed by atoms with Gasteiger partial charge in [0.25, 0.3) is 0 Å². The second kappa shape index (κ2) is 7.22. The summed E-state index contributed by atoms with van der Waals surface area (Å²) in [4.78, 5) is 13.2. The largest absolute Gasteiger partial charge is 0.390 e. The Labute approximate surface area is 109 Å². The van der Waals surface area contributed by atoms with Crippen molar-refractivity contribution in [3.8, 4) is 0 Å². The fourth-order valence-corrected chi connectivity index (χ4v) is 1.52. The number of nitrogens with zero attached hydrogens (tertiary/aromatic N) is 3. The number of anilines is 1. The molecule has 2 amide bonds. The fraction of sp³-hybridized carbons (Fsp3) is 0.364. The second-order valence-corrected chi connectivity index (χ2v) is 3.87. The lowest BCUT2D eigenvalue weighted by molar-refractivity contribution is 0.0150. The average Bonchev–Trinajstić information content (AvgIpc) is 2.38. The van der Waals surface area contributed by atoms with Crippen molar-refractivity contribution in [2.75, 3.05) is 11.9 Å². The van der Waals surface area contributed by atoms with Gasteiger partial charge in [-0.15, -0.1) is 0 Å². The van der Waals surface area contributed by atoms with Crippen molar-refractivity contribution in [3.63, 3.8) is 0 Å². The van der Waals surface area contributed by atoms with E-state index in [2.05, 4.69) is 15.3 Å². The van der Waals surface area contributed by atoms with Crippen LogP contribution in [-0.2, 0) is 0 Å². The number of amides is 2. The minimum Gasteiger partial charge on any atom is -0.390 e. The summed E-state index contributed by atoms with van der Waals surface area (Å²) < 4.78 is 0. The molecule has 0 radical (unpaired) electrons. The van der Waals surface area contributed by atoms with Gasteiger partial charge < -0.3 is 21.3 Å². The molecule has 0 aliphatic carbocycles. The Morgan fingerprint density at radius 1 is 1.42 bits per heavy atom. The van der Waals surface area contributed by atoms with Crippen LogP contribution in [0.5, 0.6) is 0 Å². The van der Waals surface area contributed by atoms with Crippen LogP contribution >= 0.6 is 0 Å². The van der Waals surface area contributed by atoms with Gasteiger partial charge in [-0.05, 0) is 29.6 Å². The van der Waals surface area contributed by atoms with Gasteiger partial charge in [0.2, 0.25) is 0 Å². The summed E-state index contributed by atoms with van der Waals surface area (Å²) in [6.45, 7) is 0.107. The predicted molar refractivity (Wildman–Crippen MR) is 69.2 cm³/mol. The molecule has 1 aromatic carbocycles. The van der Waals surface area contributed by atoms with E-state index in [-0.39, 0.29) is 13.0 Å². The van der Waals surface area contributed by atoms with Crippen LogP contribution in [0, 0.1) is 0 Å². The molecule has 8 nitrogen and oxygen atoms in total. The van der Waals surface area contributed by atoms with E-state index in [9.17, 15) is 15.0 Å². The van der Waals surface area contributed by atoms with Gasteiger partial charge in [0.05, 0.1) is 6.10 Å². The number of hydrogen-bond donors (Lipinski definition) is 4. The lowest BCUT2D eigenvalue weighted by atomic mass is 10.0. The molecule has 0 saturated heterocycles. The number of aliphatic hydroxyl groups is 2. The lowest BCUT2D eigenvalue weighted by Gasteiger charge is -2.17. The summed E-state index contributed by atoms with van der Waals surface area (Å²) in [5, 5.41) is 25.2. The van der Waals surface area contributed by atoms with Crippen molar-refractivity contribution < 1.29 is 15.0 Å². The highest BCUT2D eigenvalue weighted by atomic mass is 16.3. The van der Waals surface area contributed by atoms with E-state index >= 15 is 0 Å². The number of aliphatic hydroxyl groups excluding tert-OH is 2. The molecular formula is C11H15N5O3. The number of carbonyl (C=O) groups excluding carboxylic acids is 1. The van der Waals surface area contributed by atoms with E-state index in [1.807, 2.05) is 0 Å². The van der Waals surface area contributed by atoms with Gasteiger partial charge in [0.15, 0.2) is 0 Å². The molecule has 19 heavy (non-hydrogen) atoms. The molecule has 102 valence electrons. The van der Waals surface area contributed by atoms with E-state index in [1.54, 1.807) is 24.3 Å². The maximum Gasteiger partial charge on any atom is 0.316 e. The zero-order valence-corrected chi connectivity index (χ0v) is 10.1. The van der Waals surface area contributed by atoms with Gasteiger partial charge in [0.1, 0.15) is 6.10 Å². The molecule has 2 unspecified atom stereocenters. The normalized spacial score (nSPS) is 13.2. The lowest BCUT2D eigenvalue weighted by Crippen LogP contribution is -2.20. The molecule has 0 fully saturated rings. The van der Waals surface area contributed by atoms with Crippen molar-refractivity contribution in [3.05, 3.63) is 40.3 Å². The van der Waals surface area contributed by atoms with Crippen LogP contribution in [0.15, 0.2) is 29.4 Å². The van der Waals surface area contributed by atoms with Crippen LogP contribution in [0.4, 0.5) is 10.5 Å². The minimum atomic E-state index is -1.09. The number of nitrogens with two attached hydrogens (primary N) is 1. The summed E-state index contributed by atoms with van der Waals surface area (Å²) >= 11 is 0. The van der Waals surface area contributed by atoms with Crippen LogP contribution in [-0.4, -0.2) is 28.9 Å². The second-order valence-electron chi connectivity index (χ2n) is 3.87. The van der Waals surface area contributed by atoms with Crippen molar-refractivity contribution in [1.29, 1.82) is 0 Å². The summed E-state index contributed by atoms with van der Waals surface area (Å²) in [6.07, 6.45) is -1.95. The quantitative estimate of drug-likeness (QED) is 0.349. The first-order valence-corrected chi connectivity index (χ1v) is 5.58. The summed E-state index contributed by atoms with van der Waals surface area (Å²) in [5.74, 6) is 0. The summed E-state index contributed by atoms with van der Waals surface area (Å²) in [6, 6.07) is 5.56. The molecule has 0 saturated carbocycles. The Balaban J connectivity index is 2.63. The first-order chi connectivity index (χ1) is 9.04. The number of urea groups is 1. The number of nitrogens with one attached hydrogen (secondary N) is 1. The molecule has 0 aromatic heterocycles. The van der Waals surface area contributed by atoms with Crippen molar-refractivity contribution >= 4 is 11.7 Å². The third-order valence-electron chi connectivity index (χ3n) is 2.47. The summed E-state index contributed by atoms with van der Waals surface area (Å²) in [7, 11) is 0. The molecule has 2 atom stereocenters. The highest BCUT2D eigenvalue weighted by Gasteiger charge is 2.17. The van der Waals surface area contributed by atoms with Crippen LogP contribution in [0.1, 0.15) is 18.1 Å². The molecule has 1 rings (SSSR count). The molecule has 0 aliphatic rings. The van der Waals surface area contributed by atoms with E-state index in [0.717, 1.165) is 0 Å². The van der Waals surface area contributed by atoms with Gasteiger partial charge in [-0.3, -0.25) is 0 Å². The topological polar surface area (TPSA) is 144 Å². The van der Waals surface area contributed by atoms with Crippen molar-refractivity contribution in [2.24, 2.45) is 10.8 Å². The van der Waals surface area contributed by atoms with Gasteiger partial charge in [-0.1, -0.05) is 17.2 Å². The fourth-order valence-electron chi connectivity index (χ4n) is 1.52. The first kappa shape index (κ1) is 14.8. The van der Waals surface area contributed by atoms with Gasteiger partial charge >= 0.3 is 6.03 Å². The van der Waals surface area contributed by atoms with Crippen molar-refractivity contribution in [2.45, 2.75) is 18.6 Å². The van der Waals surface area contributed by atoms with E-state index < -0.39 is 18.2 Å². The Bertz CT molecular complexity index is 470. The monoisotopic (exact) mass is 265 g/mol. The first-order valence-electron chi connectivity index (χ1n) is 5.58. The number of rotatable bonds is 6.